The van der Waals surface area contributed by atoms with E-state index >= 15 is 0 Å². The number of aliphatic hydroxyl groups is 1. The summed E-state index contributed by atoms with van der Waals surface area (Å²) in [6.07, 6.45) is 0. The number of benzene rings is 2. The molecule has 0 aliphatic heterocycles. The fourth-order valence-corrected chi connectivity index (χ4v) is 2.47. The van der Waals surface area contributed by atoms with Crippen LogP contribution in [0.4, 0.5) is 5.69 Å². The van der Waals surface area contributed by atoms with Gasteiger partial charge in [-0.1, -0.05) is 22.0 Å². The summed E-state index contributed by atoms with van der Waals surface area (Å²) < 4.78 is 11.5. The summed E-state index contributed by atoms with van der Waals surface area (Å²) in [6, 6.07) is 10.8. The highest BCUT2D eigenvalue weighted by Crippen LogP contribution is 2.26. The number of hydrogen-bond donors (Lipinski definition) is 2. The predicted molar refractivity (Wildman–Crippen MR) is 91.9 cm³/mol. The summed E-state index contributed by atoms with van der Waals surface area (Å²) in [4.78, 5) is 12.1. The molecule has 0 bridgehead atoms. The zero-order valence-electron chi connectivity index (χ0n) is 12.9. The van der Waals surface area contributed by atoms with Crippen molar-refractivity contribution in [2.45, 2.75) is 13.5 Å². The molecule has 0 fully saturated rings. The monoisotopic (exact) mass is 379 g/mol. The maximum atomic E-state index is 12.1. The molecule has 0 aliphatic carbocycles. The largest absolute Gasteiger partial charge is 0.495 e. The van der Waals surface area contributed by atoms with Gasteiger partial charge in [0, 0.05) is 10.0 Å². The normalized spacial score (nSPS) is 10.3. The Morgan fingerprint density at radius 1 is 1.22 bits per heavy atom. The SMILES string of the molecule is COc1ccc(C)cc1NC(=O)COc1ccc(Br)cc1CO. The van der Waals surface area contributed by atoms with E-state index in [-0.39, 0.29) is 19.1 Å². The van der Waals surface area contributed by atoms with Gasteiger partial charge in [0.15, 0.2) is 6.61 Å². The summed E-state index contributed by atoms with van der Waals surface area (Å²) in [5, 5.41) is 12.1. The van der Waals surface area contributed by atoms with Crippen LogP contribution in [-0.2, 0) is 11.4 Å². The van der Waals surface area contributed by atoms with Crippen molar-refractivity contribution in [1.82, 2.24) is 0 Å². The van der Waals surface area contributed by atoms with Gasteiger partial charge in [-0.3, -0.25) is 4.79 Å². The van der Waals surface area contributed by atoms with E-state index in [2.05, 4.69) is 21.2 Å². The number of aryl methyl sites for hydroxylation is 1. The second kappa shape index (κ2) is 7.99. The molecule has 0 radical (unpaired) electrons. The smallest absolute Gasteiger partial charge is 0.262 e. The number of anilines is 1. The minimum atomic E-state index is -0.305. The van der Waals surface area contributed by atoms with Crippen molar-refractivity contribution >= 4 is 27.5 Å². The van der Waals surface area contributed by atoms with Crippen LogP contribution in [0.25, 0.3) is 0 Å². The van der Waals surface area contributed by atoms with Crippen molar-refractivity contribution in [3.05, 3.63) is 52.0 Å². The topological polar surface area (TPSA) is 67.8 Å². The van der Waals surface area contributed by atoms with Crippen LogP contribution in [0.3, 0.4) is 0 Å². The molecule has 0 unspecified atom stereocenters. The highest BCUT2D eigenvalue weighted by Gasteiger charge is 2.10. The van der Waals surface area contributed by atoms with E-state index < -0.39 is 0 Å². The number of aliphatic hydroxyl groups excluding tert-OH is 1. The van der Waals surface area contributed by atoms with Crippen molar-refractivity contribution in [3.63, 3.8) is 0 Å². The van der Waals surface area contributed by atoms with Crippen LogP contribution in [0.15, 0.2) is 40.9 Å². The number of nitrogens with one attached hydrogen (secondary N) is 1. The van der Waals surface area contributed by atoms with Gasteiger partial charge in [0.05, 0.1) is 19.4 Å². The van der Waals surface area contributed by atoms with Gasteiger partial charge in [-0.2, -0.15) is 0 Å². The molecule has 2 rings (SSSR count). The quantitative estimate of drug-likeness (QED) is 0.807. The van der Waals surface area contributed by atoms with Crippen molar-refractivity contribution in [3.8, 4) is 11.5 Å². The molecule has 5 nitrogen and oxygen atoms in total. The zero-order chi connectivity index (χ0) is 16.8. The summed E-state index contributed by atoms with van der Waals surface area (Å²) in [5.74, 6) is 0.756. The number of rotatable bonds is 6. The Bertz CT molecular complexity index is 703. The molecule has 0 saturated heterocycles. The van der Waals surface area contributed by atoms with Gasteiger partial charge >= 0.3 is 0 Å². The molecule has 122 valence electrons. The first-order valence-electron chi connectivity index (χ1n) is 7.00. The van der Waals surface area contributed by atoms with Crippen molar-refractivity contribution < 1.29 is 19.4 Å². The molecular formula is C17H18BrNO4. The van der Waals surface area contributed by atoms with Gasteiger partial charge < -0.3 is 19.9 Å². The Kier molecular flexibility index (Phi) is 6.01. The number of halogens is 1. The Balaban J connectivity index is 2.02. The third kappa shape index (κ3) is 4.71. The first kappa shape index (κ1) is 17.3. The summed E-state index contributed by atoms with van der Waals surface area (Å²) in [6.45, 7) is 1.61. The number of amides is 1. The number of methoxy groups -OCH3 is 1. The molecule has 2 aromatic rings. The van der Waals surface area contributed by atoms with E-state index in [4.69, 9.17) is 9.47 Å². The van der Waals surface area contributed by atoms with Crippen molar-refractivity contribution in [2.75, 3.05) is 19.0 Å². The molecule has 0 saturated carbocycles. The van der Waals surface area contributed by atoms with E-state index in [1.54, 1.807) is 31.4 Å². The lowest BCUT2D eigenvalue weighted by Gasteiger charge is -2.13. The van der Waals surface area contributed by atoms with Gasteiger partial charge in [-0.15, -0.1) is 0 Å². The zero-order valence-corrected chi connectivity index (χ0v) is 14.5. The maximum Gasteiger partial charge on any atom is 0.262 e. The van der Waals surface area contributed by atoms with E-state index in [0.717, 1.165) is 10.0 Å². The van der Waals surface area contributed by atoms with Crippen LogP contribution in [0.5, 0.6) is 11.5 Å². The Morgan fingerprint density at radius 2 is 1.96 bits per heavy atom. The number of carbonyl (C=O) groups excluding carboxylic acids is 1. The van der Waals surface area contributed by atoms with Gasteiger partial charge in [-0.25, -0.2) is 0 Å². The second-order valence-corrected chi connectivity index (χ2v) is 5.87. The molecular weight excluding hydrogens is 362 g/mol. The van der Waals surface area contributed by atoms with Gasteiger partial charge in [0.2, 0.25) is 0 Å². The predicted octanol–water partition coefficient (Wildman–Crippen LogP) is 3.28. The minimum Gasteiger partial charge on any atom is -0.495 e. The van der Waals surface area contributed by atoms with Gasteiger partial charge in [0.25, 0.3) is 5.91 Å². The molecule has 1 amide bonds. The number of hydrogen-bond acceptors (Lipinski definition) is 4. The molecule has 0 spiro atoms. The van der Waals surface area contributed by atoms with E-state index in [1.165, 1.54) is 0 Å². The molecule has 2 N–H and O–H groups in total. The first-order chi connectivity index (χ1) is 11.0. The van der Waals surface area contributed by atoms with Gasteiger partial charge in [-0.05, 0) is 42.8 Å². The lowest BCUT2D eigenvalue weighted by Crippen LogP contribution is -2.21. The van der Waals surface area contributed by atoms with E-state index in [0.29, 0.717) is 22.7 Å². The highest BCUT2D eigenvalue weighted by molar-refractivity contribution is 9.10. The molecule has 23 heavy (non-hydrogen) atoms. The third-order valence-electron chi connectivity index (χ3n) is 3.18. The number of ether oxygens (including phenoxy) is 2. The lowest BCUT2D eigenvalue weighted by molar-refractivity contribution is -0.118. The third-order valence-corrected chi connectivity index (χ3v) is 3.67. The minimum absolute atomic E-state index is 0.161. The summed E-state index contributed by atoms with van der Waals surface area (Å²) in [5.41, 5.74) is 2.22. The standard InChI is InChI=1S/C17H18BrNO4/c1-11-3-5-16(22-2)14(7-11)19-17(21)10-23-15-6-4-13(18)8-12(15)9-20/h3-8,20H,9-10H2,1-2H3,(H,19,21). The van der Waals surface area contributed by atoms with E-state index in [9.17, 15) is 9.90 Å². The van der Waals surface area contributed by atoms with Crippen LogP contribution < -0.4 is 14.8 Å². The van der Waals surface area contributed by atoms with Crippen LogP contribution in [0, 0.1) is 6.92 Å². The van der Waals surface area contributed by atoms with Gasteiger partial charge in [0.1, 0.15) is 11.5 Å². The molecule has 0 aromatic heterocycles. The second-order valence-electron chi connectivity index (χ2n) is 4.95. The first-order valence-corrected chi connectivity index (χ1v) is 7.79. The maximum absolute atomic E-state index is 12.1. The molecule has 0 atom stereocenters. The van der Waals surface area contributed by atoms with Crippen LogP contribution in [-0.4, -0.2) is 24.7 Å². The van der Waals surface area contributed by atoms with Crippen LogP contribution in [0.1, 0.15) is 11.1 Å². The fraction of sp³-hybridized carbons (Fsp3) is 0.235. The molecule has 0 heterocycles. The van der Waals surface area contributed by atoms with Crippen LogP contribution in [0.2, 0.25) is 0 Å². The van der Waals surface area contributed by atoms with Crippen molar-refractivity contribution in [1.29, 1.82) is 0 Å². The Morgan fingerprint density at radius 3 is 2.65 bits per heavy atom. The summed E-state index contributed by atoms with van der Waals surface area (Å²) >= 11 is 3.32. The average molecular weight is 380 g/mol. The number of carbonyl (C=O) groups is 1. The Labute approximate surface area is 143 Å². The highest BCUT2D eigenvalue weighted by atomic mass is 79.9. The van der Waals surface area contributed by atoms with E-state index in [1.807, 2.05) is 19.1 Å². The molecule has 0 aliphatic rings. The lowest BCUT2D eigenvalue weighted by atomic mass is 10.2. The van der Waals surface area contributed by atoms with Crippen LogP contribution >= 0.6 is 15.9 Å². The summed E-state index contributed by atoms with van der Waals surface area (Å²) in [7, 11) is 1.55. The Hall–Kier alpha value is -2.05. The van der Waals surface area contributed by atoms with Crippen molar-refractivity contribution in [2.24, 2.45) is 0 Å². The average Bonchev–Trinajstić information content (AvgIpc) is 2.53. The molecule has 2 aromatic carbocycles. The fourth-order valence-electron chi connectivity index (χ4n) is 2.06. The molecule has 6 heteroatoms.